The fourth-order valence-corrected chi connectivity index (χ4v) is 7.33. The topological polar surface area (TPSA) is 70.6 Å². The second-order valence-corrected chi connectivity index (χ2v) is 13.1. The van der Waals surface area contributed by atoms with Gasteiger partial charge in [-0.3, -0.25) is 14.6 Å². The lowest BCUT2D eigenvalue weighted by Gasteiger charge is -2.23. The largest absolute Gasteiger partial charge is 0.354 e. The molecule has 5 nitrogen and oxygen atoms in total. The molecule has 2 N–H and O–H groups in total. The third kappa shape index (κ3) is 9.20. The summed E-state index contributed by atoms with van der Waals surface area (Å²) in [5, 5.41) is 9.72. The first kappa shape index (κ1) is 31.8. The molecule has 222 valence electrons. The molecular formula is C37H42N3O2P. The summed E-state index contributed by atoms with van der Waals surface area (Å²) in [5.41, 5.74) is 1.98. The number of carbonyl (C=O) groups excluding carboxylic acids is 2. The number of unbranched alkanes of at least 4 members (excludes halogenated alkanes) is 1. The van der Waals surface area contributed by atoms with Crippen molar-refractivity contribution in [3.63, 3.8) is 0 Å². The fourth-order valence-electron chi connectivity index (χ4n) is 4.91. The average molecular weight is 592 g/mol. The summed E-state index contributed by atoms with van der Waals surface area (Å²) in [7, 11) is -0.832. The van der Waals surface area contributed by atoms with Gasteiger partial charge >= 0.3 is 0 Å². The predicted octanol–water partition coefficient (Wildman–Crippen LogP) is 5.53. The molecule has 0 bridgehead atoms. The highest BCUT2D eigenvalue weighted by molar-refractivity contribution is 7.80. The number of benzene rings is 4. The van der Waals surface area contributed by atoms with Crippen LogP contribution in [0.5, 0.6) is 0 Å². The second-order valence-electron chi connectivity index (χ2n) is 10.9. The zero-order valence-corrected chi connectivity index (χ0v) is 26.2. The van der Waals surface area contributed by atoms with Crippen LogP contribution in [0.4, 0.5) is 0 Å². The van der Waals surface area contributed by atoms with Crippen LogP contribution in [0.3, 0.4) is 0 Å². The van der Waals surface area contributed by atoms with Gasteiger partial charge in [0.15, 0.2) is 0 Å². The molecule has 4 aromatic rings. The lowest BCUT2D eigenvalue weighted by atomic mass is 10.0. The van der Waals surface area contributed by atoms with Gasteiger partial charge in [0.25, 0.3) is 0 Å². The molecule has 0 heterocycles. The summed E-state index contributed by atoms with van der Waals surface area (Å²) in [6, 6.07) is 37.9. The number of hydrogen-bond acceptors (Lipinski definition) is 3. The van der Waals surface area contributed by atoms with Crippen LogP contribution in [0.1, 0.15) is 44.7 Å². The summed E-state index contributed by atoms with van der Waals surface area (Å²) in [6.07, 6.45) is 4.14. The van der Waals surface area contributed by atoms with Crippen molar-refractivity contribution >= 4 is 41.9 Å². The Morgan fingerprint density at radius 3 is 1.91 bits per heavy atom. The molecule has 2 atom stereocenters. The van der Waals surface area contributed by atoms with Gasteiger partial charge in [-0.05, 0) is 41.7 Å². The number of amides is 2. The van der Waals surface area contributed by atoms with Gasteiger partial charge in [0.1, 0.15) is 12.1 Å². The van der Waals surface area contributed by atoms with E-state index in [4.69, 9.17) is 4.99 Å². The Hall–Kier alpha value is -4.08. The lowest BCUT2D eigenvalue weighted by molar-refractivity contribution is -0.130. The van der Waals surface area contributed by atoms with Crippen molar-refractivity contribution in [1.82, 2.24) is 10.6 Å². The minimum Gasteiger partial charge on any atom is -0.354 e. The van der Waals surface area contributed by atoms with Crippen molar-refractivity contribution in [2.24, 2.45) is 10.9 Å². The molecule has 0 spiro atoms. The van der Waals surface area contributed by atoms with E-state index in [0.29, 0.717) is 13.0 Å². The fraction of sp³-hybridized carbons (Fsp3) is 0.270. The maximum absolute atomic E-state index is 13.7. The molecule has 2 amide bonds. The Labute approximate surface area is 257 Å². The molecule has 0 aliphatic heterocycles. The number of hydrogen-bond donors (Lipinski definition) is 2. The zero-order chi connectivity index (χ0) is 30.4. The molecule has 0 saturated carbocycles. The van der Waals surface area contributed by atoms with Crippen LogP contribution < -0.4 is 26.5 Å². The molecule has 4 aromatic carbocycles. The minimum atomic E-state index is -0.832. The van der Waals surface area contributed by atoms with Crippen LogP contribution in [-0.4, -0.2) is 36.7 Å². The van der Waals surface area contributed by atoms with Crippen molar-refractivity contribution in [1.29, 1.82) is 0 Å². The van der Waals surface area contributed by atoms with E-state index >= 15 is 0 Å². The average Bonchev–Trinajstić information content (AvgIpc) is 3.03. The van der Waals surface area contributed by atoms with Crippen LogP contribution >= 0.6 is 7.92 Å². The van der Waals surface area contributed by atoms with Gasteiger partial charge in [-0.2, -0.15) is 0 Å². The third-order valence-electron chi connectivity index (χ3n) is 7.23. The third-order valence-corrected chi connectivity index (χ3v) is 9.74. The molecule has 0 unspecified atom stereocenters. The SMILES string of the molecule is CCCCNC(=O)[C@H](Cc1ccccc1)NC(=O)[C@@H](N=Cc1ccccc1P(c1ccccc1)c1ccccc1)C(C)C. The first-order valence-corrected chi connectivity index (χ1v) is 16.5. The van der Waals surface area contributed by atoms with Crippen molar-refractivity contribution in [2.45, 2.75) is 52.1 Å². The van der Waals surface area contributed by atoms with Crippen molar-refractivity contribution in [2.75, 3.05) is 6.54 Å². The highest BCUT2D eigenvalue weighted by atomic mass is 31.1. The summed E-state index contributed by atoms with van der Waals surface area (Å²) in [6.45, 7) is 6.65. The Kier molecular flexibility index (Phi) is 12.2. The maximum Gasteiger partial charge on any atom is 0.245 e. The van der Waals surface area contributed by atoms with Crippen LogP contribution in [0, 0.1) is 5.92 Å². The van der Waals surface area contributed by atoms with E-state index in [2.05, 4.69) is 84.3 Å². The van der Waals surface area contributed by atoms with E-state index in [0.717, 1.165) is 24.0 Å². The number of nitrogens with zero attached hydrogens (tertiary/aromatic N) is 1. The molecular weight excluding hydrogens is 549 g/mol. The number of aliphatic imine (C=N–C) groups is 1. The summed E-state index contributed by atoms with van der Waals surface area (Å²) >= 11 is 0. The van der Waals surface area contributed by atoms with E-state index in [9.17, 15) is 9.59 Å². The van der Waals surface area contributed by atoms with Crippen LogP contribution in [0.2, 0.25) is 0 Å². The molecule has 0 saturated heterocycles. The molecule has 4 rings (SSSR count). The van der Waals surface area contributed by atoms with Gasteiger partial charge in [0.2, 0.25) is 11.8 Å². The van der Waals surface area contributed by atoms with Crippen molar-refractivity contribution in [3.8, 4) is 0 Å². The monoisotopic (exact) mass is 591 g/mol. The number of nitrogens with one attached hydrogen (secondary N) is 2. The van der Waals surface area contributed by atoms with Gasteiger partial charge in [0, 0.05) is 24.7 Å². The van der Waals surface area contributed by atoms with Crippen LogP contribution in [0.25, 0.3) is 0 Å². The molecule has 0 radical (unpaired) electrons. The summed E-state index contributed by atoms with van der Waals surface area (Å²) in [5.74, 6) is -0.476. The van der Waals surface area contributed by atoms with Gasteiger partial charge in [0.05, 0.1) is 0 Å². The molecule has 0 fully saturated rings. The van der Waals surface area contributed by atoms with E-state index in [1.54, 1.807) is 0 Å². The van der Waals surface area contributed by atoms with Gasteiger partial charge < -0.3 is 10.6 Å². The smallest absolute Gasteiger partial charge is 0.245 e. The van der Waals surface area contributed by atoms with Gasteiger partial charge in [-0.25, -0.2) is 0 Å². The molecule has 0 aromatic heterocycles. The quantitative estimate of drug-likeness (QED) is 0.115. The van der Waals surface area contributed by atoms with Crippen molar-refractivity contribution < 1.29 is 9.59 Å². The molecule has 0 aliphatic carbocycles. The Balaban J connectivity index is 1.61. The van der Waals surface area contributed by atoms with Gasteiger partial charge in [-0.1, -0.05) is 142 Å². The van der Waals surface area contributed by atoms with E-state index < -0.39 is 20.0 Å². The number of rotatable bonds is 14. The predicted molar refractivity (Wildman–Crippen MR) is 181 cm³/mol. The Morgan fingerprint density at radius 1 is 0.767 bits per heavy atom. The maximum atomic E-state index is 13.7. The highest BCUT2D eigenvalue weighted by Gasteiger charge is 2.27. The molecule has 0 aliphatic rings. The second kappa shape index (κ2) is 16.5. The highest BCUT2D eigenvalue weighted by Crippen LogP contribution is 2.33. The number of carbonyl (C=O) groups is 2. The van der Waals surface area contributed by atoms with E-state index in [-0.39, 0.29) is 17.7 Å². The lowest BCUT2D eigenvalue weighted by Crippen LogP contribution is -2.51. The van der Waals surface area contributed by atoms with Crippen LogP contribution in [-0.2, 0) is 16.0 Å². The minimum absolute atomic E-state index is 0.0614. The Morgan fingerprint density at radius 2 is 1.33 bits per heavy atom. The van der Waals surface area contributed by atoms with E-state index in [1.165, 1.54) is 15.9 Å². The summed E-state index contributed by atoms with van der Waals surface area (Å²) < 4.78 is 0. The normalized spacial score (nSPS) is 12.8. The molecule has 43 heavy (non-hydrogen) atoms. The zero-order valence-electron chi connectivity index (χ0n) is 25.3. The van der Waals surface area contributed by atoms with Gasteiger partial charge in [-0.15, -0.1) is 0 Å². The van der Waals surface area contributed by atoms with Crippen molar-refractivity contribution in [3.05, 3.63) is 126 Å². The Bertz CT molecular complexity index is 1420. The first-order chi connectivity index (χ1) is 21.0. The van der Waals surface area contributed by atoms with E-state index in [1.807, 2.05) is 68.6 Å². The standard InChI is InChI=1S/C37H42N3O2P/c1-4-5-25-38-36(41)33(26-29-17-9-6-10-18-29)40-37(42)35(28(2)3)39-27-30-19-15-16-24-34(30)43(31-20-11-7-12-21-31)32-22-13-8-14-23-32/h6-24,27-28,33,35H,4-5,25-26H2,1-3H3,(H,38,41)(H,40,42)/t33-,35-/m0/s1. The molecule has 6 heteroatoms. The summed E-state index contributed by atoms with van der Waals surface area (Å²) in [4.78, 5) is 31.7. The first-order valence-electron chi connectivity index (χ1n) is 15.1. The van der Waals surface area contributed by atoms with Crippen LogP contribution in [0.15, 0.2) is 120 Å².